The first kappa shape index (κ1) is 15.6. The number of fused-ring (bicyclic) bond motifs is 1. The number of carbonyl (C=O) groups excluding carboxylic acids is 1. The highest BCUT2D eigenvalue weighted by Gasteiger charge is 2.45. The number of nitrogens with one attached hydrogen (secondary N) is 1. The molecule has 2 heterocycles. The third kappa shape index (κ3) is 3.47. The van der Waals surface area contributed by atoms with Crippen LogP contribution in [0.1, 0.15) is 34.1 Å². The minimum absolute atomic E-state index is 0.0385. The van der Waals surface area contributed by atoms with Gasteiger partial charge in [0.1, 0.15) is 12.0 Å². The molecule has 0 bridgehead atoms. The van der Waals surface area contributed by atoms with Crippen LogP contribution in [0.4, 0.5) is 0 Å². The van der Waals surface area contributed by atoms with Crippen molar-refractivity contribution >= 4 is 22.9 Å². The van der Waals surface area contributed by atoms with E-state index in [1.54, 1.807) is 11.8 Å². The summed E-state index contributed by atoms with van der Waals surface area (Å²) < 4.78 is 11.2. The van der Waals surface area contributed by atoms with Crippen LogP contribution in [0, 0.1) is 11.8 Å². The van der Waals surface area contributed by atoms with Crippen LogP contribution in [0.25, 0.3) is 0 Å². The fourth-order valence-electron chi connectivity index (χ4n) is 2.54. The molecule has 0 amide bonds. The third-order valence-corrected chi connectivity index (χ3v) is 5.11. The quantitative estimate of drug-likeness (QED) is 0.805. The second-order valence-electron chi connectivity index (χ2n) is 5.53. The highest BCUT2D eigenvalue weighted by Crippen LogP contribution is 2.41. The van der Waals surface area contributed by atoms with Crippen molar-refractivity contribution in [3.8, 4) is 0 Å². The van der Waals surface area contributed by atoms with Crippen molar-refractivity contribution in [3.63, 3.8) is 0 Å². The Labute approximate surface area is 124 Å². The van der Waals surface area contributed by atoms with Gasteiger partial charge < -0.3 is 14.8 Å². The van der Waals surface area contributed by atoms with E-state index in [4.69, 9.17) is 14.5 Å². The Morgan fingerprint density at radius 3 is 2.85 bits per heavy atom. The van der Waals surface area contributed by atoms with Crippen LogP contribution in [0.3, 0.4) is 0 Å². The van der Waals surface area contributed by atoms with Crippen molar-refractivity contribution in [3.05, 3.63) is 0 Å². The lowest BCUT2D eigenvalue weighted by atomic mass is 9.83. The minimum Gasteiger partial charge on any atom is -0.463 e. The molecule has 20 heavy (non-hydrogen) atoms. The largest absolute Gasteiger partial charge is 0.463 e. The fourth-order valence-corrected chi connectivity index (χ4v) is 3.77. The van der Waals surface area contributed by atoms with E-state index >= 15 is 0 Å². The van der Waals surface area contributed by atoms with Gasteiger partial charge in [-0.1, -0.05) is 32.5 Å². The number of ether oxygens (including phenoxy) is 2. The monoisotopic (exact) mass is 300 g/mol. The highest BCUT2D eigenvalue weighted by atomic mass is 32.2. The summed E-state index contributed by atoms with van der Waals surface area (Å²) in [6.45, 7) is 9.19. The fraction of sp³-hybridized carbons (Fsp3) is 0.857. The molecule has 0 radical (unpaired) electrons. The number of amidine groups is 1. The summed E-state index contributed by atoms with van der Waals surface area (Å²) in [7, 11) is 0. The predicted octanol–water partition coefficient (Wildman–Crippen LogP) is 2.02. The number of hydrogen-bond acceptors (Lipinski definition) is 6. The number of esters is 1. The molecule has 0 unspecified atom stereocenters. The lowest BCUT2D eigenvalue weighted by Crippen LogP contribution is -2.47. The van der Waals surface area contributed by atoms with Gasteiger partial charge in [-0.3, -0.25) is 9.79 Å². The molecular weight excluding hydrogens is 276 g/mol. The van der Waals surface area contributed by atoms with Crippen LogP contribution in [0.2, 0.25) is 0 Å². The van der Waals surface area contributed by atoms with Crippen LogP contribution in [0.15, 0.2) is 4.99 Å². The molecule has 0 spiro atoms. The first-order valence-corrected chi connectivity index (χ1v) is 8.18. The van der Waals surface area contributed by atoms with Gasteiger partial charge in [0, 0.05) is 13.5 Å². The Kier molecular flexibility index (Phi) is 5.32. The third-order valence-electron chi connectivity index (χ3n) is 4.01. The van der Waals surface area contributed by atoms with Crippen LogP contribution < -0.4 is 5.32 Å². The van der Waals surface area contributed by atoms with Crippen LogP contribution in [-0.2, 0) is 14.3 Å². The number of nitrogens with zero attached hydrogens (tertiary/aromatic N) is 1. The second kappa shape index (κ2) is 6.80. The van der Waals surface area contributed by atoms with Crippen molar-refractivity contribution < 1.29 is 14.3 Å². The predicted molar refractivity (Wildman–Crippen MR) is 80.7 cm³/mol. The number of rotatable bonds is 4. The molecule has 6 heteroatoms. The minimum atomic E-state index is -0.254. The van der Waals surface area contributed by atoms with Gasteiger partial charge in [0.05, 0.1) is 12.1 Å². The molecule has 2 aliphatic heterocycles. The van der Waals surface area contributed by atoms with E-state index in [9.17, 15) is 4.79 Å². The topological polar surface area (TPSA) is 59.9 Å². The molecule has 0 aromatic carbocycles. The van der Waals surface area contributed by atoms with E-state index in [1.807, 2.05) is 0 Å². The Hall–Kier alpha value is -0.750. The summed E-state index contributed by atoms with van der Waals surface area (Å²) in [6, 6.07) is 0.197. The maximum atomic E-state index is 11.0. The van der Waals surface area contributed by atoms with Crippen molar-refractivity contribution in [2.45, 2.75) is 51.7 Å². The van der Waals surface area contributed by atoms with E-state index in [1.165, 1.54) is 6.92 Å². The summed E-state index contributed by atoms with van der Waals surface area (Å²) in [5, 5.41) is 4.32. The maximum Gasteiger partial charge on any atom is 0.302 e. The van der Waals surface area contributed by atoms with Gasteiger partial charge in [0.25, 0.3) is 0 Å². The van der Waals surface area contributed by atoms with Gasteiger partial charge in [-0.2, -0.15) is 0 Å². The number of thioether (sulfide) groups is 1. The summed E-state index contributed by atoms with van der Waals surface area (Å²) >= 11 is 1.65. The zero-order chi connectivity index (χ0) is 14.7. The number of carbonyl (C=O) groups is 1. The first-order valence-electron chi connectivity index (χ1n) is 7.30. The average molecular weight is 300 g/mol. The second-order valence-corrected chi connectivity index (χ2v) is 6.62. The van der Waals surface area contributed by atoms with Gasteiger partial charge in [0.2, 0.25) is 0 Å². The van der Waals surface area contributed by atoms with Crippen molar-refractivity contribution in [2.75, 3.05) is 13.2 Å². The van der Waals surface area contributed by atoms with Crippen molar-refractivity contribution in [1.29, 1.82) is 0 Å². The summed E-state index contributed by atoms with van der Waals surface area (Å²) in [5.41, 5.74) is 0.0427. The molecule has 114 valence electrons. The Morgan fingerprint density at radius 1 is 1.45 bits per heavy atom. The molecule has 2 rings (SSSR count). The van der Waals surface area contributed by atoms with Gasteiger partial charge in [-0.05, 0) is 18.3 Å². The lowest BCUT2D eigenvalue weighted by Gasteiger charge is -2.40. The van der Waals surface area contributed by atoms with Gasteiger partial charge >= 0.3 is 5.97 Å². The normalized spacial score (nSPS) is 36.2. The zero-order valence-corrected chi connectivity index (χ0v) is 13.4. The molecule has 1 N–H and O–H groups in total. The molecule has 2 aliphatic rings. The molecular formula is C14H24N2O3S. The molecule has 0 aromatic heterocycles. The van der Waals surface area contributed by atoms with E-state index in [2.05, 4.69) is 26.1 Å². The molecule has 5 nitrogen and oxygen atoms in total. The molecule has 0 saturated carbocycles. The Balaban J connectivity index is 1.96. The van der Waals surface area contributed by atoms with E-state index in [-0.39, 0.29) is 23.6 Å². The molecule has 1 fully saturated rings. The van der Waals surface area contributed by atoms with Gasteiger partial charge in [0.15, 0.2) is 5.17 Å². The molecule has 5 atom stereocenters. The Morgan fingerprint density at radius 2 is 2.20 bits per heavy atom. The zero-order valence-electron chi connectivity index (χ0n) is 12.6. The molecule has 0 aromatic rings. The van der Waals surface area contributed by atoms with E-state index < -0.39 is 0 Å². The summed E-state index contributed by atoms with van der Waals surface area (Å²) in [4.78, 5) is 15.7. The highest BCUT2D eigenvalue weighted by molar-refractivity contribution is 8.14. The first-order chi connectivity index (χ1) is 9.52. The SMILES string of the molecule is CCCNC1=N[C@@H]2[C@@H](C)[C@H](C)[C@@H](COC(C)=O)O[C@@H]2S1. The van der Waals surface area contributed by atoms with Crippen molar-refractivity contribution in [1.82, 2.24) is 5.32 Å². The van der Waals surface area contributed by atoms with Crippen LogP contribution in [-0.4, -0.2) is 41.9 Å². The maximum absolute atomic E-state index is 11.0. The lowest BCUT2D eigenvalue weighted by molar-refractivity contribution is -0.152. The van der Waals surface area contributed by atoms with Crippen LogP contribution in [0.5, 0.6) is 0 Å². The molecule has 1 saturated heterocycles. The summed E-state index contributed by atoms with van der Waals surface area (Å²) in [5.74, 6) is 0.490. The van der Waals surface area contributed by atoms with E-state index in [0.717, 1.165) is 18.1 Å². The van der Waals surface area contributed by atoms with E-state index in [0.29, 0.717) is 18.4 Å². The standard InChI is InChI=1S/C14H24N2O3S/c1-5-6-15-14-16-12-9(3)8(2)11(7-18-10(4)17)19-13(12)20-14/h8-9,11-13H,5-7H2,1-4H3,(H,15,16)/t8-,9-,11+,12+,13+/m0/s1. The number of hydrogen-bond donors (Lipinski definition) is 1. The Bertz CT molecular complexity index is 389. The average Bonchev–Trinajstić information content (AvgIpc) is 2.82. The van der Waals surface area contributed by atoms with Crippen molar-refractivity contribution in [2.24, 2.45) is 16.8 Å². The molecule has 0 aliphatic carbocycles. The van der Waals surface area contributed by atoms with Gasteiger partial charge in [-0.25, -0.2) is 0 Å². The van der Waals surface area contributed by atoms with Gasteiger partial charge in [-0.15, -0.1) is 0 Å². The smallest absolute Gasteiger partial charge is 0.302 e. The van der Waals surface area contributed by atoms with Crippen LogP contribution >= 0.6 is 11.8 Å². The summed E-state index contributed by atoms with van der Waals surface area (Å²) in [6.07, 6.45) is 1.04. The number of aliphatic imine (C=N–C) groups is 1.